The summed E-state index contributed by atoms with van der Waals surface area (Å²) in [5.41, 5.74) is 0. The number of hydrogen-bond donors (Lipinski definition) is 2. The summed E-state index contributed by atoms with van der Waals surface area (Å²) in [4.78, 5) is 0. The molecule has 3 unspecified atom stereocenters. The van der Waals surface area contributed by atoms with Gasteiger partial charge in [0.1, 0.15) is 0 Å². The molecule has 1 heterocycles. The second kappa shape index (κ2) is 8.19. The first-order valence-corrected chi connectivity index (χ1v) is 8.86. The fraction of sp³-hybridized carbons (Fsp3) is 1.00. The molecule has 0 aliphatic carbocycles. The number of ether oxygens (including phenoxy) is 1. The second-order valence-corrected chi connectivity index (χ2v) is 7.46. The predicted molar refractivity (Wildman–Crippen MR) is 77.7 cm³/mol. The standard InChI is InChI=1S/C13H28N2O3S/c1-4-7-14-9-11(3)19(16,17)15-10-12-6-8-18-13(12)5-2/h11-15H,4-10H2,1-3H3. The van der Waals surface area contributed by atoms with Crippen LogP contribution in [0.4, 0.5) is 0 Å². The van der Waals surface area contributed by atoms with E-state index in [0.717, 1.165) is 32.4 Å². The van der Waals surface area contributed by atoms with Crippen LogP contribution in [0, 0.1) is 5.92 Å². The Kier molecular flexibility index (Phi) is 7.28. The molecule has 1 saturated heterocycles. The minimum absolute atomic E-state index is 0.205. The average Bonchev–Trinajstić information content (AvgIpc) is 2.84. The maximum absolute atomic E-state index is 12.1. The van der Waals surface area contributed by atoms with E-state index in [1.165, 1.54) is 0 Å². The lowest BCUT2D eigenvalue weighted by molar-refractivity contribution is 0.0884. The molecule has 1 fully saturated rings. The van der Waals surface area contributed by atoms with Crippen molar-refractivity contribution in [2.45, 2.75) is 51.4 Å². The molecule has 3 atom stereocenters. The van der Waals surface area contributed by atoms with E-state index in [9.17, 15) is 8.42 Å². The number of sulfonamides is 1. The van der Waals surface area contributed by atoms with Gasteiger partial charge in [0.2, 0.25) is 10.0 Å². The van der Waals surface area contributed by atoms with Crippen molar-refractivity contribution in [2.75, 3.05) is 26.2 Å². The van der Waals surface area contributed by atoms with Crippen LogP contribution in [-0.2, 0) is 14.8 Å². The van der Waals surface area contributed by atoms with Crippen LogP contribution in [0.15, 0.2) is 0 Å². The Bertz CT molecular complexity index is 346. The highest BCUT2D eigenvalue weighted by Gasteiger charge is 2.29. The summed E-state index contributed by atoms with van der Waals surface area (Å²) in [7, 11) is -3.23. The minimum Gasteiger partial charge on any atom is -0.378 e. The van der Waals surface area contributed by atoms with Crippen molar-refractivity contribution in [3.8, 4) is 0 Å². The first kappa shape index (κ1) is 16.9. The summed E-state index contributed by atoms with van der Waals surface area (Å²) in [6.07, 6.45) is 3.11. The Morgan fingerprint density at radius 1 is 1.37 bits per heavy atom. The van der Waals surface area contributed by atoms with E-state index >= 15 is 0 Å². The molecular weight excluding hydrogens is 264 g/mol. The van der Waals surface area contributed by atoms with E-state index in [2.05, 4.69) is 23.9 Å². The van der Waals surface area contributed by atoms with Crippen LogP contribution < -0.4 is 10.0 Å². The number of hydrogen-bond acceptors (Lipinski definition) is 4. The van der Waals surface area contributed by atoms with Crippen LogP contribution in [0.2, 0.25) is 0 Å². The molecule has 2 N–H and O–H groups in total. The zero-order chi connectivity index (χ0) is 14.3. The second-order valence-electron chi connectivity index (χ2n) is 5.27. The van der Waals surface area contributed by atoms with Crippen LogP contribution in [0.1, 0.15) is 40.0 Å². The lowest BCUT2D eigenvalue weighted by atomic mass is 10.0. The molecule has 0 spiro atoms. The van der Waals surface area contributed by atoms with Crippen molar-refractivity contribution >= 4 is 10.0 Å². The fourth-order valence-electron chi connectivity index (χ4n) is 2.33. The zero-order valence-electron chi connectivity index (χ0n) is 12.3. The van der Waals surface area contributed by atoms with Gasteiger partial charge in [-0.1, -0.05) is 13.8 Å². The van der Waals surface area contributed by atoms with Crippen LogP contribution in [0.25, 0.3) is 0 Å². The van der Waals surface area contributed by atoms with Crippen molar-refractivity contribution in [2.24, 2.45) is 5.92 Å². The molecule has 0 amide bonds. The smallest absolute Gasteiger partial charge is 0.215 e. The first-order chi connectivity index (χ1) is 9.01. The molecule has 0 bridgehead atoms. The van der Waals surface area contributed by atoms with Gasteiger partial charge in [-0.2, -0.15) is 0 Å². The first-order valence-electron chi connectivity index (χ1n) is 7.32. The molecule has 1 rings (SSSR count). The molecule has 0 saturated carbocycles. The quantitative estimate of drug-likeness (QED) is 0.625. The molecule has 0 aromatic carbocycles. The largest absolute Gasteiger partial charge is 0.378 e. The Hall–Kier alpha value is -0.170. The van der Waals surface area contributed by atoms with Gasteiger partial charge in [-0.15, -0.1) is 0 Å². The lowest BCUT2D eigenvalue weighted by Gasteiger charge is -2.19. The topological polar surface area (TPSA) is 67.4 Å². The number of rotatable bonds is 9. The van der Waals surface area contributed by atoms with E-state index in [1.807, 2.05) is 0 Å². The Balaban J connectivity index is 2.37. The van der Waals surface area contributed by atoms with Crippen molar-refractivity contribution in [1.29, 1.82) is 0 Å². The van der Waals surface area contributed by atoms with Crippen LogP contribution >= 0.6 is 0 Å². The van der Waals surface area contributed by atoms with Crippen molar-refractivity contribution in [1.82, 2.24) is 10.0 Å². The van der Waals surface area contributed by atoms with Gasteiger partial charge in [-0.05, 0) is 32.7 Å². The summed E-state index contributed by atoms with van der Waals surface area (Å²) in [5.74, 6) is 0.315. The van der Waals surface area contributed by atoms with Gasteiger partial charge in [-0.3, -0.25) is 0 Å². The van der Waals surface area contributed by atoms with Gasteiger partial charge >= 0.3 is 0 Å². The van der Waals surface area contributed by atoms with E-state index in [1.54, 1.807) is 6.92 Å². The van der Waals surface area contributed by atoms with E-state index in [4.69, 9.17) is 4.74 Å². The zero-order valence-corrected chi connectivity index (χ0v) is 13.1. The van der Waals surface area contributed by atoms with Crippen LogP contribution in [0.5, 0.6) is 0 Å². The molecular formula is C13H28N2O3S. The summed E-state index contributed by atoms with van der Waals surface area (Å²) >= 11 is 0. The summed E-state index contributed by atoms with van der Waals surface area (Å²) in [6, 6.07) is 0. The van der Waals surface area contributed by atoms with Gasteiger partial charge in [-0.25, -0.2) is 13.1 Å². The van der Waals surface area contributed by atoms with Gasteiger partial charge in [0.05, 0.1) is 11.4 Å². The van der Waals surface area contributed by atoms with Gasteiger partial charge < -0.3 is 10.1 Å². The summed E-state index contributed by atoms with van der Waals surface area (Å²) < 4.78 is 32.5. The summed E-state index contributed by atoms with van der Waals surface area (Å²) in [5, 5.41) is 2.74. The monoisotopic (exact) mass is 292 g/mol. The highest BCUT2D eigenvalue weighted by atomic mass is 32.2. The third kappa shape index (κ3) is 5.38. The third-order valence-corrected chi connectivity index (χ3v) is 5.48. The molecule has 5 nitrogen and oxygen atoms in total. The number of nitrogens with one attached hydrogen (secondary N) is 2. The molecule has 19 heavy (non-hydrogen) atoms. The van der Waals surface area contributed by atoms with Crippen molar-refractivity contribution < 1.29 is 13.2 Å². The molecule has 6 heteroatoms. The van der Waals surface area contributed by atoms with E-state index in [0.29, 0.717) is 19.0 Å². The highest BCUT2D eigenvalue weighted by Crippen LogP contribution is 2.22. The van der Waals surface area contributed by atoms with Crippen LogP contribution in [0.3, 0.4) is 0 Å². The van der Waals surface area contributed by atoms with E-state index in [-0.39, 0.29) is 6.10 Å². The Morgan fingerprint density at radius 2 is 2.11 bits per heavy atom. The molecule has 0 radical (unpaired) electrons. The molecule has 1 aliphatic rings. The maximum Gasteiger partial charge on any atom is 0.215 e. The van der Waals surface area contributed by atoms with Crippen molar-refractivity contribution in [3.63, 3.8) is 0 Å². The average molecular weight is 292 g/mol. The third-order valence-electron chi connectivity index (χ3n) is 3.68. The highest BCUT2D eigenvalue weighted by molar-refractivity contribution is 7.90. The minimum atomic E-state index is -3.23. The molecule has 114 valence electrons. The van der Waals surface area contributed by atoms with Gasteiger partial charge in [0.15, 0.2) is 0 Å². The Morgan fingerprint density at radius 3 is 2.74 bits per heavy atom. The van der Waals surface area contributed by atoms with Gasteiger partial charge in [0.25, 0.3) is 0 Å². The lowest BCUT2D eigenvalue weighted by Crippen LogP contribution is -2.41. The summed E-state index contributed by atoms with van der Waals surface area (Å²) in [6.45, 7) is 8.49. The fourth-order valence-corrected chi connectivity index (χ4v) is 3.40. The van der Waals surface area contributed by atoms with E-state index < -0.39 is 15.3 Å². The SMILES string of the molecule is CCCNCC(C)S(=O)(=O)NCC1CCOC1CC. The predicted octanol–water partition coefficient (Wildman–Crippen LogP) is 1.11. The van der Waals surface area contributed by atoms with Crippen molar-refractivity contribution in [3.05, 3.63) is 0 Å². The maximum atomic E-state index is 12.1. The van der Waals surface area contributed by atoms with Gasteiger partial charge in [0, 0.05) is 25.6 Å². The normalized spacial score (nSPS) is 25.6. The molecule has 1 aliphatic heterocycles. The Labute approximate surface area is 117 Å². The van der Waals surface area contributed by atoms with Crippen LogP contribution in [-0.4, -0.2) is 46.0 Å². The molecule has 0 aromatic rings. The molecule has 0 aromatic heterocycles.